The van der Waals surface area contributed by atoms with Gasteiger partial charge >= 0.3 is 5.97 Å². The summed E-state index contributed by atoms with van der Waals surface area (Å²) < 4.78 is 1.89. The largest absolute Gasteiger partial charge is 0.477 e. The van der Waals surface area contributed by atoms with Gasteiger partial charge in [0, 0.05) is 39.0 Å². The number of aromatic carboxylic acids is 1. The third kappa shape index (κ3) is 3.07. The lowest BCUT2D eigenvalue weighted by Gasteiger charge is -2.19. The van der Waals surface area contributed by atoms with Crippen molar-refractivity contribution in [2.24, 2.45) is 0 Å². The third-order valence-corrected chi connectivity index (χ3v) is 6.37. The van der Waals surface area contributed by atoms with Crippen LogP contribution in [0.2, 0.25) is 5.02 Å². The number of aryl methyl sites for hydroxylation is 1. The highest BCUT2D eigenvalue weighted by Gasteiger charge is 2.29. The number of fused-ring (bicyclic) bond motifs is 3. The first-order chi connectivity index (χ1) is 13.0. The highest BCUT2D eigenvalue weighted by molar-refractivity contribution is 7.99. The van der Waals surface area contributed by atoms with Gasteiger partial charge in [0.25, 0.3) is 0 Å². The highest BCUT2D eigenvalue weighted by atomic mass is 35.5. The Kier molecular flexibility index (Phi) is 4.58. The minimum Gasteiger partial charge on any atom is -0.477 e. The Morgan fingerprint density at radius 2 is 1.89 bits per heavy atom. The van der Waals surface area contributed by atoms with Crippen LogP contribution in [0.5, 0.6) is 0 Å². The molecule has 1 aromatic heterocycles. The van der Waals surface area contributed by atoms with Crippen molar-refractivity contribution in [2.75, 3.05) is 0 Å². The lowest BCUT2D eigenvalue weighted by Crippen LogP contribution is -2.24. The van der Waals surface area contributed by atoms with Crippen molar-refractivity contribution in [1.29, 1.82) is 0 Å². The number of thioether (sulfide) groups is 1. The minimum atomic E-state index is -1.20. The summed E-state index contributed by atoms with van der Waals surface area (Å²) in [7, 11) is 0. The molecule has 2 heterocycles. The number of carboxylic acids is 1. The fourth-order valence-electron chi connectivity index (χ4n) is 3.57. The molecule has 136 valence electrons. The van der Waals surface area contributed by atoms with Gasteiger partial charge in [-0.2, -0.15) is 0 Å². The van der Waals surface area contributed by atoms with Gasteiger partial charge in [-0.3, -0.25) is 4.79 Å². The molecular formula is C21H16ClNO3S. The van der Waals surface area contributed by atoms with Crippen LogP contribution in [0.25, 0.3) is 5.69 Å². The number of pyridine rings is 1. The van der Waals surface area contributed by atoms with Crippen LogP contribution in [0.3, 0.4) is 0 Å². The van der Waals surface area contributed by atoms with E-state index < -0.39 is 11.4 Å². The van der Waals surface area contributed by atoms with Crippen molar-refractivity contribution >= 4 is 29.3 Å². The van der Waals surface area contributed by atoms with Gasteiger partial charge in [0.2, 0.25) is 0 Å². The van der Waals surface area contributed by atoms with Crippen LogP contribution in [0.1, 0.15) is 32.6 Å². The predicted molar refractivity (Wildman–Crippen MR) is 107 cm³/mol. The zero-order valence-electron chi connectivity index (χ0n) is 14.5. The van der Waals surface area contributed by atoms with Gasteiger partial charge in [-0.1, -0.05) is 41.9 Å². The molecule has 0 spiro atoms. The van der Waals surface area contributed by atoms with Crippen molar-refractivity contribution in [2.45, 2.75) is 23.5 Å². The molecule has 6 heteroatoms. The summed E-state index contributed by atoms with van der Waals surface area (Å²) in [6.07, 6.45) is 0.391. The summed E-state index contributed by atoms with van der Waals surface area (Å²) in [4.78, 5) is 25.4. The Labute approximate surface area is 165 Å². The Bertz CT molecular complexity index is 1120. The van der Waals surface area contributed by atoms with Crippen LogP contribution in [-0.4, -0.2) is 15.6 Å². The zero-order chi connectivity index (χ0) is 19.1. The second-order valence-electron chi connectivity index (χ2n) is 6.41. The molecule has 1 N–H and O–H groups in total. The van der Waals surface area contributed by atoms with Crippen molar-refractivity contribution in [3.8, 4) is 5.69 Å². The quantitative estimate of drug-likeness (QED) is 0.669. The maximum absolute atomic E-state index is 12.5. The van der Waals surface area contributed by atoms with Crippen molar-refractivity contribution in [3.05, 3.63) is 92.4 Å². The van der Waals surface area contributed by atoms with E-state index in [4.69, 9.17) is 11.6 Å². The van der Waals surface area contributed by atoms with Gasteiger partial charge < -0.3 is 9.67 Å². The van der Waals surface area contributed by atoms with E-state index in [1.807, 2.05) is 60.0 Å². The van der Waals surface area contributed by atoms with Crippen molar-refractivity contribution in [3.63, 3.8) is 0 Å². The maximum atomic E-state index is 12.5. The number of carbonyl (C=O) groups is 1. The van der Waals surface area contributed by atoms with Gasteiger partial charge in [-0.15, -0.1) is 11.8 Å². The average molecular weight is 398 g/mol. The van der Waals surface area contributed by atoms with E-state index in [-0.39, 0.29) is 10.8 Å². The number of nitrogens with zero attached hydrogens (tertiary/aromatic N) is 1. The summed E-state index contributed by atoms with van der Waals surface area (Å²) in [5.74, 6) is -1.20. The summed E-state index contributed by atoms with van der Waals surface area (Å²) in [6, 6.07) is 16.8. The van der Waals surface area contributed by atoms with Crippen LogP contribution in [0.15, 0.2) is 64.3 Å². The summed E-state index contributed by atoms with van der Waals surface area (Å²) in [5, 5.41) is 10.2. The molecule has 0 unspecified atom stereocenters. The molecule has 0 amide bonds. The first-order valence-corrected chi connectivity index (χ1v) is 9.72. The molecule has 0 bridgehead atoms. The number of hydrogen-bond acceptors (Lipinski definition) is 3. The van der Waals surface area contributed by atoms with E-state index in [9.17, 15) is 14.7 Å². The van der Waals surface area contributed by atoms with E-state index in [1.54, 1.807) is 11.8 Å². The number of carboxylic acid groups (broad SMARTS) is 1. The smallest absolute Gasteiger partial charge is 0.341 e. The predicted octanol–water partition coefficient (Wildman–Crippen LogP) is 4.89. The number of hydrogen-bond donors (Lipinski definition) is 1. The summed E-state index contributed by atoms with van der Waals surface area (Å²) >= 11 is 8.07. The van der Waals surface area contributed by atoms with Crippen molar-refractivity contribution < 1.29 is 9.90 Å². The molecule has 1 atom stereocenters. The normalized spacial score (nSPS) is 15.6. The molecule has 4 nitrogen and oxygen atoms in total. The van der Waals surface area contributed by atoms with Gasteiger partial charge in [0.15, 0.2) is 5.43 Å². The molecule has 0 saturated carbocycles. The number of aromatic nitrogens is 1. The van der Waals surface area contributed by atoms with E-state index >= 15 is 0 Å². The number of para-hydroxylation sites is 1. The molecule has 3 aromatic rings. The second kappa shape index (κ2) is 6.91. The standard InChI is InChI=1S/C21H16ClNO3S/c1-12-10-17(24)20(21(25)26)16-11-19(13-6-2-3-7-14(13)22)27-18-9-5-4-8-15(18)23(12)16/h2-10,19H,11H2,1H3,(H,25,26)/t19-/m0/s1. The topological polar surface area (TPSA) is 59.3 Å². The molecule has 0 saturated heterocycles. The number of benzene rings is 2. The number of rotatable bonds is 2. The Hall–Kier alpha value is -2.50. The number of halogens is 1. The van der Waals surface area contributed by atoms with E-state index in [0.717, 1.165) is 16.1 Å². The van der Waals surface area contributed by atoms with E-state index in [2.05, 4.69) is 0 Å². The molecule has 0 radical (unpaired) electrons. The molecule has 0 fully saturated rings. The van der Waals surface area contributed by atoms with Crippen LogP contribution < -0.4 is 5.43 Å². The van der Waals surface area contributed by atoms with Crippen LogP contribution >= 0.6 is 23.4 Å². The Balaban J connectivity index is 2.05. The molecular weight excluding hydrogens is 382 g/mol. The van der Waals surface area contributed by atoms with Gasteiger partial charge in [-0.05, 0) is 30.7 Å². The molecule has 1 aliphatic rings. The third-order valence-electron chi connectivity index (χ3n) is 4.72. The summed E-state index contributed by atoms with van der Waals surface area (Å²) in [5.41, 5.74) is 2.40. The van der Waals surface area contributed by atoms with Gasteiger partial charge in [0.05, 0.1) is 5.69 Å². The monoisotopic (exact) mass is 397 g/mol. The van der Waals surface area contributed by atoms with Gasteiger partial charge in [0.1, 0.15) is 5.56 Å². The first-order valence-electron chi connectivity index (χ1n) is 8.46. The fraction of sp³-hybridized carbons (Fsp3) is 0.143. The minimum absolute atomic E-state index is 0.104. The average Bonchev–Trinajstić information content (AvgIpc) is 2.78. The summed E-state index contributed by atoms with van der Waals surface area (Å²) in [6.45, 7) is 1.83. The van der Waals surface area contributed by atoms with E-state index in [1.165, 1.54) is 6.07 Å². The highest BCUT2D eigenvalue weighted by Crippen LogP contribution is 2.45. The van der Waals surface area contributed by atoms with Crippen LogP contribution in [-0.2, 0) is 6.42 Å². The Morgan fingerprint density at radius 3 is 2.63 bits per heavy atom. The second-order valence-corrected chi connectivity index (χ2v) is 8.06. The van der Waals surface area contributed by atoms with Gasteiger partial charge in [-0.25, -0.2) is 4.79 Å². The maximum Gasteiger partial charge on any atom is 0.341 e. The van der Waals surface area contributed by atoms with Crippen molar-refractivity contribution in [1.82, 2.24) is 4.57 Å². The molecule has 4 rings (SSSR count). The van der Waals surface area contributed by atoms with E-state index in [0.29, 0.717) is 22.8 Å². The fourth-order valence-corrected chi connectivity index (χ4v) is 5.22. The SMILES string of the molecule is Cc1cc(=O)c(C(=O)O)c2n1-c1ccccc1S[C@H](c1ccccc1Cl)C2. The molecule has 0 aliphatic carbocycles. The first kappa shape index (κ1) is 17.9. The molecule has 27 heavy (non-hydrogen) atoms. The zero-order valence-corrected chi connectivity index (χ0v) is 16.1. The lowest BCUT2D eigenvalue weighted by molar-refractivity contribution is 0.0693. The molecule has 2 aromatic carbocycles. The van der Waals surface area contributed by atoms with Crippen LogP contribution in [0.4, 0.5) is 0 Å². The Morgan fingerprint density at radius 1 is 1.19 bits per heavy atom. The lowest BCUT2D eigenvalue weighted by atomic mass is 10.0. The van der Waals surface area contributed by atoms with Crippen LogP contribution in [0, 0.1) is 6.92 Å². The molecule has 1 aliphatic heterocycles.